The minimum absolute atomic E-state index is 0.440. The molecule has 0 unspecified atom stereocenters. The van der Waals surface area contributed by atoms with Crippen molar-refractivity contribution in [3.05, 3.63) is 46.0 Å². The summed E-state index contributed by atoms with van der Waals surface area (Å²) in [6.07, 6.45) is 1.72. The molecule has 6 nitrogen and oxygen atoms in total. The van der Waals surface area contributed by atoms with Gasteiger partial charge in [0.25, 0.3) is 0 Å². The van der Waals surface area contributed by atoms with Crippen LogP contribution in [0.5, 0.6) is 11.5 Å². The highest BCUT2D eigenvalue weighted by Gasteiger charge is 2.09. The second-order valence-electron chi connectivity index (χ2n) is 4.96. The van der Waals surface area contributed by atoms with Crippen molar-refractivity contribution in [1.82, 2.24) is 14.9 Å². The average molecular weight is 374 g/mol. The molecule has 2 heterocycles. The van der Waals surface area contributed by atoms with Gasteiger partial charge in [-0.1, -0.05) is 6.07 Å². The van der Waals surface area contributed by atoms with E-state index in [1.54, 1.807) is 22.2 Å². The van der Waals surface area contributed by atoms with Gasteiger partial charge in [0, 0.05) is 0 Å². The predicted octanol–water partition coefficient (Wildman–Crippen LogP) is 4.35. The van der Waals surface area contributed by atoms with Crippen LogP contribution in [-0.4, -0.2) is 34.3 Å². The third-order valence-electron chi connectivity index (χ3n) is 3.28. The molecule has 0 saturated carbocycles. The minimum atomic E-state index is 0.440. The summed E-state index contributed by atoms with van der Waals surface area (Å²) in [5.41, 5.74) is 0.882. The summed E-state index contributed by atoms with van der Waals surface area (Å²) in [6.45, 7) is 5.03. The van der Waals surface area contributed by atoms with Crippen LogP contribution in [0.25, 0.3) is 10.7 Å². The maximum Gasteiger partial charge on any atom is 0.216 e. The highest BCUT2D eigenvalue weighted by atomic mass is 32.1. The van der Waals surface area contributed by atoms with E-state index in [2.05, 4.69) is 15.3 Å². The Hall–Kier alpha value is -2.45. The molecule has 0 aliphatic carbocycles. The number of aromatic amines is 1. The molecule has 0 amide bonds. The summed E-state index contributed by atoms with van der Waals surface area (Å²) in [7, 11) is 0. The van der Waals surface area contributed by atoms with Crippen LogP contribution >= 0.6 is 23.6 Å². The van der Waals surface area contributed by atoms with Crippen LogP contribution in [0.1, 0.15) is 19.4 Å². The Bertz CT molecular complexity index is 913. The lowest BCUT2D eigenvalue weighted by Gasteiger charge is -2.11. The minimum Gasteiger partial charge on any atom is -0.490 e. The Morgan fingerprint density at radius 3 is 2.76 bits per heavy atom. The lowest BCUT2D eigenvalue weighted by Crippen LogP contribution is -1.99. The van der Waals surface area contributed by atoms with Crippen molar-refractivity contribution >= 4 is 29.8 Å². The first kappa shape index (κ1) is 17.4. The van der Waals surface area contributed by atoms with Crippen molar-refractivity contribution in [2.75, 3.05) is 13.2 Å². The Kier molecular flexibility index (Phi) is 5.62. The summed E-state index contributed by atoms with van der Waals surface area (Å²) in [6, 6.07) is 9.64. The zero-order chi connectivity index (χ0) is 17.6. The van der Waals surface area contributed by atoms with E-state index in [1.807, 2.05) is 49.6 Å². The maximum absolute atomic E-state index is 5.64. The average Bonchev–Trinajstić information content (AvgIpc) is 3.25. The molecule has 130 valence electrons. The monoisotopic (exact) mass is 374 g/mol. The fourth-order valence-electron chi connectivity index (χ4n) is 2.24. The van der Waals surface area contributed by atoms with Crippen LogP contribution in [-0.2, 0) is 0 Å². The standard InChI is InChI=1S/C17H18N4O2S2/c1-3-22-13-8-7-12(10-14(13)23-4-2)11-18-21-16(19-20-17(21)24)15-6-5-9-25-15/h5-11H,3-4H2,1-2H3,(H,20,24)/b18-11-. The molecule has 0 saturated heterocycles. The van der Waals surface area contributed by atoms with Gasteiger partial charge in [0.05, 0.1) is 24.3 Å². The number of benzene rings is 1. The molecule has 2 aromatic heterocycles. The number of ether oxygens (including phenoxy) is 2. The van der Waals surface area contributed by atoms with Gasteiger partial charge in [0.15, 0.2) is 17.3 Å². The van der Waals surface area contributed by atoms with Gasteiger partial charge in [-0.05, 0) is 61.3 Å². The van der Waals surface area contributed by atoms with Gasteiger partial charge >= 0.3 is 0 Å². The fraction of sp³-hybridized carbons (Fsp3) is 0.235. The van der Waals surface area contributed by atoms with Crippen molar-refractivity contribution in [2.24, 2.45) is 5.10 Å². The van der Waals surface area contributed by atoms with Gasteiger partial charge in [-0.2, -0.15) is 14.9 Å². The summed E-state index contributed by atoms with van der Waals surface area (Å²) in [4.78, 5) is 0.992. The zero-order valence-electron chi connectivity index (χ0n) is 13.9. The van der Waals surface area contributed by atoms with Crippen LogP contribution in [0.3, 0.4) is 0 Å². The Balaban J connectivity index is 1.91. The smallest absolute Gasteiger partial charge is 0.216 e. The normalized spacial score (nSPS) is 11.1. The van der Waals surface area contributed by atoms with E-state index in [1.165, 1.54) is 0 Å². The van der Waals surface area contributed by atoms with E-state index in [0.29, 0.717) is 29.6 Å². The van der Waals surface area contributed by atoms with E-state index in [-0.39, 0.29) is 0 Å². The van der Waals surface area contributed by atoms with Crippen LogP contribution in [0.15, 0.2) is 40.8 Å². The number of rotatable bonds is 7. The van der Waals surface area contributed by atoms with E-state index in [0.717, 1.165) is 16.2 Å². The predicted molar refractivity (Wildman–Crippen MR) is 102 cm³/mol. The molecule has 3 aromatic rings. The molecule has 0 spiro atoms. The topological polar surface area (TPSA) is 64.4 Å². The highest BCUT2D eigenvalue weighted by Crippen LogP contribution is 2.28. The number of hydrogen-bond donors (Lipinski definition) is 1. The number of hydrogen-bond acceptors (Lipinski definition) is 6. The molecule has 0 bridgehead atoms. The van der Waals surface area contributed by atoms with Gasteiger partial charge in [-0.25, -0.2) is 5.10 Å². The first-order valence-electron chi connectivity index (χ1n) is 7.88. The maximum atomic E-state index is 5.64. The van der Waals surface area contributed by atoms with E-state index >= 15 is 0 Å². The molecule has 25 heavy (non-hydrogen) atoms. The molecule has 1 N–H and O–H groups in total. The second kappa shape index (κ2) is 8.09. The van der Waals surface area contributed by atoms with Gasteiger partial charge in [-0.3, -0.25) is 0 Å². The fourth-order valence-corrected chi connectivity index (χ4v) is 3.11. The van der Waals surface area contributed by atoms with Crippen LogP contribution in [0.4, 0.5) is 0 Å². The van der Waals surface area contributed by atoms with Crippen molar-refractivity contribution in [3.63, 3.8) is 0 Å². The first-order chi connectivity index (χ1) is 12.2. The number of aromatic nitrogens is 3. The van der Waals surface area contributed by atoms with Crippen LogP contribution in [0.2, 0.25) is 0 Å². The van der Waals surface area contributed by atoms with Crippen molar-refractivity contribution in [1.29, 1.82) is 0 Å². The molecule has 8 heteroatoms. The second-order valence-corrected chi connectivity index (χ2v) is 6.29. The lowest BCUT2D eigenvalue weighted by atomic mass is 10.2. The molecular weight excluding hydrogens is 356 g/mol. The first-order valence-corrected chi connectivity index (χ1v) is 9.17. The quantitative estimate of drug-likeness (QED) is 0.493. The molecule has 0 fully saturated rings. The van der Waals surface area contributed by atoms with E-state index in [9.17, 15) is 0 Å². The number of H-pyrrole nitrogens is 1. The van der Waals surface area contributed by atoms with Gasteiger partial charge in [0.2, 0.25) is 4.77 Å². The third-order valence-corrected chi connectivity index (χ3v) is 4.41. The Morgan fingerprint density at radius 2 is 2.04 bits per heavy atom. The molecule has 0 radical (unpaired) electrons. The Morgan fingerprint density at radius 1 is 1.24 bits per heavy atom. The summed E-state index contributed by atoms with van der Waals surface area (Å²) >= 11 is 6.86. The van der Waals surface area contributed by atoms with Crippen LogP contribution < -0.4 is 9.47 Å². The van der Waals surface area contributed by atoms with Crippen molar-refractivity contribution < 1.29 is 9.47 Å². The van der Waals surface area contributed by atoms with Crippen molar-refractivity contribution in [3.8, 4) is 22.2 Å². The van der Waals surface area contributed by atoms with Gasteiger partial charge < -0.3 is 9.47 Å². The van der Waals surface area contributed by atoms with Crippen molar-refractivity contribution in [2.45, 2.75) is 13.8 Å². The van der Waals surface area contributed by atoms with Gasteiger partial charge in [0.1, 0.15) is 0 Å². The highest BCUT2D eigenvalue weighted by molar-refractivity contribution is 7.71. The number of nitrogens with zero attached hydrogens (tertiary/aromatic N) is 3. The van der Waals surface area contributed by atoms with Crippen LogP contribution in [0, 0.1) is 4.77 Å². The van der Waals surface area contributed by atoms with Gasteiger partial charge in [-0.15, -0.1) is 11.3 Å². The number of thiophene rings is 1. The molecule has 3 rings (SSSR count). The summed E-state index contributed by atoms with van der Waals surface area (Å²) in [5, 5.41) is 13.5. The van der Waals surface area contributed by atoms with E-state index < -0.39 is 0 Å². The molecule has 0 aliphatic heterocycles. The summed E-state index contributed by atoms with van der Waals surface area (Å²) in [5.74, 6) is 2.11. The van der Waals surface area contributed by atoms with E-state index in [4.69, 9.17) is 21.7 Å². The third kappa shape index (κ3) is 3.97. The number of nitrogens with one attached hydrogen (secondary N) is 1. The molecule has 0 atom stereocenters. The largest absolute Gasteiger partial charge is 0.490 e. The molecular formula is C17H18N4O2S2. The zero-order valence-corrected chi connectivity index (χ0v) is 15.6. The Labute approximate surface area is 154 Å². The lowest BCUT2D eigenvalue weighted by molar-refractivity contribution is 0.288. The molecule has 0 aliphatic rings. The molecule has 1 aromatic carbocycles. The SMILES string of the molecule is CCOc1ccc(/C=N\n2c(-c3cccs3)n[nH]c2=S)cc1OCC. The summed E-state index contributed by atoms with van der Waals surface area (Å²) < 4.78 is 13.3.